The first kappa shape index (κ1) is 26.2. The summed E-state index contributed by atoms with van der Waals surface area (Å²) in [6.07, 6.45) is 0.859. The van der Waals surface area contributed by atoms with Crippen LogP contribution in [-0.4, -0.2) is 39.6 Å². The summed E-state index contributed by atoms with van der Waals surface area (Å²) in [5.74, 6) is 0. The second-order valence-electron chi connectivity index (χ2n) is 6.68. The Labute approximate surface area is 178 Å². The molecule has 0 bridgehead atoms. The molecule has 2 unspecified atom stereocenters. The Bertz CT molecular complexity index is 931. The molecule has 2 aromatic carbocycles. The standard InChI is InChI=1S/C10H14O6S2.C10H14O2/c1-17(11,12)15-7-9-5-3-4-6-10(9)8-16-18(2,13)14;1-7(11)9-5-3-4-6-10(9)8(2)12/h3-6H,7-8H2,1-2H3;3-8,11-12H,1-2H3. The fourth-order valence-electron chi connectivity index (χ4n) is 2.45. The van der Waals surface area contributed by atoms with Crippen LogP contribution in [-0.2, 0) is 41.8 Å². The average molecular weight is 461 g/mol. The van der Waals surface area contributed by atoms with E-state index in [-0.39, 0.29) is 13.2 Å². The summed E-state index contributed by atoms with van der Waals surface area (Å²) in [7, 11) is -7.08. The normalized spacial score (nSPS) is 13.8. The van der Waals surface area contributed by atoms with Gasteiger partial charge in [-0.2, -0.15) is 16.8 Å². The number of hydrogen-bond acceptors (Lipinski definition) is 8. The topological polar surface area (TPSA) is 127 Å². The Kier molecular flexibility index (Phi) is 10.1. The molecule has 2 atom stereocenters. The van der Waals surface area contributed by atoms with Gasteiger partial charge >= 0.3 is 0 Å². The first-order chi connectivity index (χ1) is 13.8. The van der Waals surface area contributed by atoms with Crippen molar-refractivity contribution in [1.29, 1.82) is 0 Å². The van der Waals surface area contributed by atoms with E-state index in [1.54, 1.807) is 38.1 Å². The van der Waals surface area contributed by atoms with Crippen LogP contribution in [0.1, 0.15) is 48.3 Å². The summed E-state index contributed by atoms with van der Waals surface area (Å²) in [6.45, 7) is 3.09. The van der Waals surface area contributed by atoms with E-state index < -0.39 is 32.4 Å². The molecule has 0 amide bonds. The molecule has 0 saturated carbocycles. The molecule has 8 nitrogen and oxygen atoms in total. The van der Waals surface area contributed by atoms with E-state index in [1.165, 1.54) is 0 Å². The number of hydrogen-bond donors (Lipinski definition) is 2. The van der Waals surface area contributed by atoms with Gasteiger partial charge in [-0.05, 0) is 36.1 Å². The van der Waals surface area contributed by atoms with Gasteiger partial charge in [0.1, 0.15) is 0 Å². The monoisotopic (exact) mass is 460 g/mol. The van der Waals surface area contributed by atoms with Crippen LogP contribution in [0.5, 0.6) is 0 Å². The third-order valence-corrected chi connectivity index (χ3v) is 4.96. The summed E-state index contributed by atoms with van der Waals surface area (Å²) >= 11 is 0. The minimum atomic E-state index is -3.54. The van der Waals surface area contributed by atoms with Crippen molar-refractivity contribution in [2.75, 3.05) is 12.5 Å². The van der Waals surface area contributed by atoms with E-state index in [1.807, 2.05) is 24.3 Å². The highest BCUT2D eigenvalue weighted by Gasteiger charge is 2.10. The lowest BCUT2D eigenvalue weighted by Crippen LogP contribution is -2.07. The maximum Gasteiger partial charge on any atom is 0.264 e. The van der Waals surface area contributed by atoms with Crippen molar-refractivity contribution in [1.82, 2.24) is 0 Å². The van der Waals surface area contributed by atoms with Gasteiger partial charge in [0.2, 0.25) is 0 Å². The quantitative estimate of drug-likeness (QED) is 0.575. The molecule has 2 aromatic rings. The van der Waals surface area contributed by atoms with Gasteiger partial charge < -0.3 is 10.2 Å². The smallest absolute Gasteiger partial charge is 0.264 e. The van der Waals surface area contributed by atoms with Gasteiger partial charge in [0, 0.05) is 0 Å². The minimum Gasteiger partial charge on any atom is -0.389 e. The zero-order valence-electron chi connectivity index (χ0n) is 17.3. The maximum absolute atomic E-state index is 10.9. The SMILES string of the molecule is CC(O)c1ccccc1C(C)O.CS(=O)(=O)OCc1ccccc1COS(C)(=O)=O. The molecule has 0 aliphatic carbocycles. The highest BCUT2D eigenvalue weighted by atomic mass is 32.2. The Balaban J connectivity index is 0.000000325. The second-order valence-corrected chi connectivity index (χ2v) is 9.97. The first-order valence-electron chi connectivity index (χ1n) is 9.00. The molecule has 0 aliphatic heterocycles. The van der Waals surface area contributed by atoms with Crippen molar-refractivity contribution in [3.05, 3.63) is 70.8 Å². The summed E-state index contributed by atoms with van der Waals surface area (Å²) in [5, 5.41) is 18.7. The Morgan fingerprint density at radius 2 is 1.00 bits per heavy atom. The van der Waals surface area contributed by atoms with E-state index >= 15 is 0 Å². The summed E-state index contributed by atoms with van der Waals surface area (Å²) < 4.78 is 52.8. The van der Waals surface area contributed by atoms with Crippen LogP contribution in [0.3, 0.4) is 0 Å². The summed E-state index contributed by atoms with van der Waals surface area (Å²) in [5.41, 5.74) is 2.72. The van der Waals surface area contributed by atoms with Crippen LogP contribution >= 0.6 is 0 Å². The number of rotatable bonds is 8. The number of benzene rings is 2. The molecule has 0 aromatic heterocycles. The molecule has 10 heteroatoms. The lowest BCUT2D eigenvalue weighted by atomic mass is 10.00. The van der Waals surface area contributed by atoms with Crippen LogP contribution in [0.2, 0.25) is 0 Å². The third kappa shape index (κ3) is 10.3. The van der Waals surface area contributed by atoms with Gasteiger partial charge in [-0.15, -0.1) is 0 Å². The van der Waals surface area contributed by atoms with Crippen molar-refractivity contribution < 1.29 is 35.4 Å². The second kappa shape index (κ2) is 11.5. The van der Waals surface area contributed by atoms with Gasteiger partial charge in [-0.1, -0.05) is 48.5 Å². The van der Waals surface area contributed by atoms with Crippen molar-refractivity contribution in [3.63, 3.8) is 0 Å². The highest BCUT2D eigenvalue weighted by molar-refractivity contribution is 7.86. The maximum atomic E-state index is 10.9. The molecule has 0 saturated heterocycles. The molecule has 30 heavy (non-hydrogen) atoms. The van der Waals surface area contributed by atoms with Crippen LogP contribution < -0.4 is 0 Å². The first-order valence-corrected chi connectivity index (χ1v) is 12.6. The zero-order valence-corrected chi connectivity index (χ0v) is 19.0. The molecule has 0 heterocycles. The van der Waals surface area contributed by atoms with E-state index in [0.717, 1.165) is 23.6 Å². The lowest BCUT2D eigenvalue weighted by Gasteiger charge is -2.13. The van der Waals surface area contributed by atoms with Crippen molar-refractivity contribution in [3.8, 4) is 0 Å². The van der Waals surface area contributed by atoms with Crippen molar-refractivity contribution >= 4 is 20.2 Å². The largest absolute Gasteiger partial charge is 0.389 e. The van der Waals surface area contributed by atoms with Crippen LogP contribution in [0, 0.1) is 0 Å². The Morgan fingerprint density at radius 1 is 0.700 bits per heavy atom. The number of aliphatic hydroxyl groups is 2. The summed E-state index contributed by atoms with van der Waals surface area (Å²) in [6, 6.07) is 14.1. The predicted molar refractivity (Wildman–Crippen MR) is 113 cm³/mol. The van der Waals surface area contributed by atoms with Crippen LogP contribution in [0.25, 0.3) is 0 Å². The van der Waals surface area contributed by atoms with Crippen molar-refractivity contribution in [2.45, 2.75) is 39.3 Å². The van der Waals surface area contributed by atoms with Crippen LogP contribution in [0.4, 0.5) is 0 Å². The minimum absolute atomic E-state index is 0.151. The fraction of sp³-hybridized carbons (Fsp3) is 0.400. The number of aliphatic hydroxyl groups excluding tert-OH is 2. The average Bonchev–Trinajstić information content (AvgIpc) is 2.64. The van der Waals surface area contributed by atoms with Gasteiger partial charge in [0.25, 0.3) is 20.2 Å². The lowest BCUT2D eigenvalue weighted by molar-refractivity contribution is 0.175. The van der Waals surface area contributed by atoms with E-state index in [4.69, 9.17) is 0 Å². The van der Waals surface area contributed by atoms with Crippen LogP contribution in [0.15, 0.2) is 48.5 Å². The molecule has 0 aliphatic rings. The van der Waals surface area contributed by atoms with Crippen molar-refractivity contribution in [2.24, 2.45) is 0 Å². The molecule has 0 spiro atoms. The highest BCUT2D eigenvalue weighted by Crippen LogP contribution is 2.22. The van der Waals surface area contributed by atoms with Gasteiger partial charge in [0.15, 0.2) is 0 Å². The molecule has 168 valence electrons. The molecule has 2 N–H and O–H groups in total. The zero-order chi connectivity index (χ0) is 22.9. The molecular formula is C20H28O8S2. The Morgan fingerprint density at radius 3 is 1.27 bits per heavy atom. The predicted octanol–water partition coefficient (Wildman–Crippen LogP) is 2.43. The molecular weight excluding hydrogens is 432 g/mol. The summed E-state index contributed by atoms with van der Waals surface area (Å²) in [4.78, 5) is 0. The molecule has 2 rings (SSSR count). The van der Waals surface area contributed by atoms with Gasteiger partial charge in [-0.25, -0.2) is 0 Å². The van der Waals surface area contributed by atoms with E-state index in [2.05, 4.69) is 8.37 Å². The Hall–Kier alpha value is -1.82. The fourth-order valence-corrected chi connectivity index (χ4v) is 3.13. The van der Waals surface area contributed by atoms with Gasteiger partial charge in [0.05, 0.1) is 37.9 Å². The molecule has 0 radical (unpaired) electrons. The van der Waals surface area contributed by atoms with E-state index in [9.17, 15) is 27.0 Å². The van der Waals surface area contributed by atoms with Gasteiger partial charge in [-0.3, -0.25) is 8.37 Å². The third-order valence-electron chi connectivity index (χ3n) is 3.87. The van der Waals surface area contributed by atoms with E-state index in [0.29, 0.717) is 11.1 Å². The molecule has 0 fully saturated rings.